The molecule has 0 saturated carbocycles. The van der Waals surface area contributed by atoms with Crippen LogP contribution in [-0.2, 0) is 7.05 Å². The van der Waals surface area contributed by atoms with Crippen LogP contribution >= 0.6 is 0 Å². The fraction of sp³-hybridized carbons (Fsp3) is 0.154. The topological polar surface area (TPSA) is 63.6 Å². The minimum atomic E-state index is 0.689. The molecule has 2 aromatic heterocycles. The Morgan fingerprint density at radius 2 is 2.22 bits per heavy atom. The molecule has 0 aliphatic rings. The van der Waals surface area contributed by atoms with Gasteiger partial charge in [-0.2, -0.15) is 10.2 Å². The molecule has 0 radical (unpaired) electrons. The number of fused-ring (bicyclic) bond motifs is 1. The van der Waals surface area contributed by atoms with Gasteiger partial charge in [0.05, 0.1) is 11.7 Å². The van der Waals surface area contributed by atoms with Gasteiger partial charge in [-0.05, 0) is 24.6 Å². The van der Waals surface area contributed by atoms with E-state index in [2.05, 4.69) is 15.3 Å². The Bertz CT molecular complexity index is 739. The zero-order valence-electron chi connectivity index (χ0n) is 10.1. The number of aromatic amines is 1. The Kier molecular flexibility index (Phi) is 2.26. The number of nitrogens with one attached hydrogen (secondary N) is 1. The number of carbonyl (C=O) groups is 1. The molecule has 5 heteroatoms. The summed E-state index contributed by atoms with van der Waals surface area (Å²) in [6, 6.07) is 3.80. The number of aldehydes is 1. The van der Waals surface area contributed by atoms with Crippen molar-refractivity contribution in [3.8, 4) is 11.3 Å². The Hall–Kier alpha value is -2.43. The molecular formula is C13H12N4O. The van der Waals surface area contributed by atoms with E-state index in [0.29, 0.717) is 5.56 Å². The smallest absolute Gasteiger partial charge is 0.150 e. The lowest BCUT2D eigenvalue weighted by Crippen LogP contribution is -1.86. The fourth-order valence-corrected chi connectivity index (χ4v) is 2.08. The molecule has 0 atom stereocenters. The molecule has 18 heavy (non-hydrogen) atoms. The lowest BCUT2D eigenvalue weighted by Gasteiger charge is -1.99. The highest BCUT2D eigenvalue weighted by molar-refractivity contribution is 5.96. The monoisotopic (exact) mass is 240 g/mol. The van der Waals surface area contributed by atoms with Gasteiger partial charge in [0.25, 0.3) is 0 Å². The summed E-state index contributed by atoms with van der Waals surface area (Å²) in [4.78, 5) is 11.0. The summed E-state index contributed by atoms with van der Waals surface area (Å²) in [6.45, 7) is 1.91. The third-order valence-corrected chi connectivity index (χ3v) is 3.05. The highest BCUT2D eigenvalue weighted by atomic mass is 16.1. The zero-order valence-corrected chi connectivity index (χ0v) is 10.1. The first-order valence-electron chi connectivity index (χ1n) is 5.62. The van der Waals surface area contributed by atoms with Gasteiger partial charge in [0, 0.05) is 29.8 Å². The van der Waals surface area contributed by atoms with Crippen molar-refractivity contribution in [2.24, 2.45) is 7.05 Å². The van der Waals surface area contributed by atoms with Gasteiger partial charge in [-0.3, -0.25) is 14.6 Å². The van der Waals surface area contributed by atoms with Crippen LogP contribution in [0.4, 0.5) is 0 Å². The van der Waals surface area contributed by atoms with Crippen molar-refractivity contribution in [1.82, 2.24) is 20.0 Å². The average Bonchev–Trinajstić information content (AvgIpc) is 2.93. The molecule has 0 bridgehead atoms. The number of rotatable bonds is 2. The molecule has 1 N–H and O–H groups in total. The number of benzene rings is 1. The summed E-state index contributed by atoms with van der Waals surface area (Å²) in [7, 11) is 1.86. The maximum absolute atomic E-state index is 11.0. The average molecular weight is 240 g/mol. The Balaban J connectivity index is 2.28. The summed E-state index contributed by atoms with van der Waals surface area (Å²) in [5.41, 5.74) is 4.32. The predicted octanol–water partition coefficient (Wildman–Crippen LogP) is 2.08. The number of aromatic nitrogens is 4. The molecular weight excluding hydrogens is 228 g/mol. The van der Waals surface area contributed by atoms with Gasteiger partial charge in [-0.25, -0.2) is 0 Å². The number of H-pyrrole nitrogens is 1. The molecule has 0 fully saturated rings. The maximum atomic E-state index is 11.0. The first-order valence-corrected chi connectivity index (χ1v) is 5.62. The van der Waals surface area contributed by atoms with Crippen molar-refractivity contribution in [1.29, 1.82) is 0 Å². The lowest BCUT2D eigenvalue weighted by molar-refractivity contribution is 0.112. The van der Waals surface area contributed by atoms with E-state index in [1.165, 1.54) is 0 Å². The largest absolute Gasteiger partial charge is 0.298 e. The van der Waals surface area contributed by atoms with Gasteiger partial charge in [0.1, 0.15) is 12.0 Å². The SMILES string of the molecule is Cc1cc2[nH]nc(-c3cnn(C)c3)c2cc1C=O. The molecule has 3 rings (SSSR count). The first-order chi connectivity index (χ1) is 8.69. The third-order valence-electron chi connectivity index (χ3n) is 3.05. The lowest BCUT2D eigenvalue weighted by atomic mass is 10.0. The Labute approximate surface area is 103 Å². The second-order valence-electron chi connectivity index (χ2n) is 4.35. The Morgan fingerprint density at radius 1 is 1.39 bits per heavy atom. The van der Waals surface area contributed by atoms with Crippen LogP contribution in [0.25, 0.3) is 22.2 Å². The third kappa shape index (κ3) is 1.52. The van der Waals surface area contributed by atoms with Gasteiger partial charge >= 0.3 is 0 Å². The van der Waals surface area contributed by atoms with Crippen LogP contribution in [0.3, 0.4) is 0 Å². The van der Waals surface area contributed by atoms with Crippen LogP contribution in [0, 0.1) is 6.92 Å². The number of hydrogen-bond acceptors (Lipinski definition) is 3. The van der Waals surface area contributed by atoms with Crippen LogP contribution in [0.1, 0.15) is 15.9 Å². The van der Waals surface area contributed by atoms with Gasteiger partial charge in [-0.15, -0.1) is 0 Å². The van der Waals surface area contributed by atoms with E-state index < -0.39 is 0 Å². The molecule has 5 nitrogen and oxygen atoms in total. The number of hydrogen-bond donors (Lipinski definition) is 1. The van der Waals surface area contributed by atoms with Crippen LogP contribution < -0.4 is 0 Å². The van der Waals surface area contributed by atoms with Crippen LogP contribution in [0.15, 0.2) is 24.5 Å². The second-order valence-corrected chi connectivity index (χ2v) is 4.35. The minimum absolute atomic E-state index is 0.689. The molecule has 0 unspecified atom stereocenters. The standard InChI is InChI=1S/C13H12N4O/c1-8-3-12-11(4-9(8)7-18)13(16-15-12)10-5-14-17(2)6-10/h3-7H,1-2H3,(H,15,16). The molecule has 3 aromatic rings. The normalized spacial score (nSPS) is 11.0. The fourth-order valence-electron chi connectivity index (χ4n) is 2.08. The van der Waals surface area contributed by atoms with Gasteiger partial charge < -0.3 is 0 Å². The number of nitrogens with zero attached hydrogens (tertiary/aromatic N) is 3. The summed E-state index contributed by atoms with van der Waals surface area (Å²) >= 11 is 0. The number of aryl methyl sites for hydroxylation is 2. The quantitative estimate of drug-likeness (QED) is 0.697. The summed E-state index contributed by atoms with van der Waals surface area (Å²) in [5.74, 6) is 0. The Morgan fingerprint density at radius 3 is 2.89 bits per heavy atom. The van der Waals surface area contributed by atoms with Crippen molar-refractivity contribution in [3.63, 3.8) is 0 Å². The van der Waals surface area contributed by atoms with E-state index in [9.17, 15) is 4.79 Å². The molecule has 0 aliphatic heterocycles. The van der Waals surface area contributed by atoms with Crippen molar-refractivity contribution >= 4 is 17.2 Å². The summed E-state index contributed by atoms with van der Waals surface area (Å²) < 4.78 is 1.73. The van der Waals surface area contributed by atoms with Crippen LogP contribution in [0.2, 0.25) is 0 Å². The second kappa shape index (κ2) is 3.80. The highest BCUT2D eigenvalue weighted by Gasteiger charge is 2.11. The molecule has 0 saturated heterocycles. The van der Waals surface area contributed by atoms with Crippen molar-refractivity contribution < 1.29 is 4.79 Å². The van der Waals surface area contributed by atoms with E-state index in [4.69, 9.17) is 0 Å². The summed E-state index contributed by atoms with van der Waals surface area (Å²) in [6.07, 6.45) is 4.53. The molecule has 90 valence electrons. The maximum Gasteiger partial charge on any atom is 0.150 e. The van der Waals surface area contributed by atoms with Gasteiger partial charge in [0.2, 0.25) is 0 Å². The van der Waals surface area contributed by atoms with Crippen molar-refractivity contribution in [3.05, 3.63) is 35.7 Å². The van der Waals surface area contributed by atoms with E-state index >= 15 is 0 Å². The zero-order chi connectivity index (χ0) is 12.7. The summed E-state index contributed by atoms with van der Waals surface area (Å²) in [5, 5.41) is 12.4. The highest BCUT2D eigenvalue weighted by Crippen LogP contribution is 2.27. The van der Waals surface area contributed by atoms with E-state index in [1.54, 1.807) is 10.9 Å². The minimum Gasteiger partial charge on any atom is -0.298 e. The molecule has 0 amide bonds. The van der Waals surface area contributed by atoms with Gasteiger partial charge in [0.15, 0.2) is 0 Å². The van der Waals surface area contributed by atoms with E-state index in [-0.39, 0.29) is 0 Å². The molecule has 1 aromatic carbocycles. The predicted molar refractivity (Wildman–Crippen MR) is 68.4 cm³/mol. The van der Waals surface area contributed by atoms with Crippen LogP contribution in [0.5, 0.6) is 0 Å². The van der Waals surface area contributed by atoms with Gasteiger partial charge in [-0.1, -0.05) is 0 Å². The molecule has 2 heterocycles. The molecule has 0 aliphatic carbocycles. The first kappa shape index (κ1) is 10.7. The molecule has 0 spiro atoms. The van der Waals surface area contributed by atoms with Crippen LogP contribution in [-0.4, -0.2) is 26.3 Å². The number of carbonyl (C=O) groups excluding carboxylic acids is 1. The van der Waals surface area contributed by atoms with Crippen molar-refractivity contribution in [2.75, 3.05) is 0 Å². The van der Waals surface area contributed by atoms with Crippen molar-refractivity contribution in [2.45, 2.75) is 6.92 Å². The van der Waals surface area contributed by atoms with E-state index in [0.717, 1.165) is 34.0 Å². The van der Waals surface area contributed by atoms with E-state index in [1.807, 2.05) is 32.3 Å².